The number of hydrogen-bond acceptors (Lipinski definition) is 2. The van der Waals surface area contributed by atoms with Gasteiger partial charge in [0.15, 0.2) is 0 Å². The van der Waals surface area contributed by atoms with Gasteiger partial charge in [-0.1, -0.05) is 19.8 Å². The molecule has 0 aromatic heterocycles. The lowest BCUT2D eigenvalue weighted by Crippen LogP contribution is -2.36. The molecule has 2 aliphatic carbocycles. The summed E-state index contributed by atoms with van der Waals surface area (Å²) in [7, 11) is 0. The van der Waals surface area contributed by atoms with Crippen LogP contribution in [0.5, 0.6) is 0 Å². The molecule has 0 saturated heterocycles. The molecule has 0 heterocycles. The summed E-state index contributed by atoms with van der Waals surface area (Å²) >= 11 is 0. The number of hydrogen-bond donors (Lipinski definition) is 2. The van der Waals surface area contributed by atoms with Crippen LogP contribution in [0, 0.1) is 5.41 Å². The lowest BCUT2D eigenvalue weighted by Gasteiger charge is -2.27. The zero-order valence-electron chi connectivity index (χ0n) is 10.1. The molecule has 2 N–H and O–H groups in total. The van der Waals surface area contributed by atoms with E-state index in [2.05, 4.69) is 17.6 Å². The van der Waals surface area contributed by atoms with Gasteiger partial charge < -0.3 is 10.6 Å². The summed E-state index contributed by atoms with van der Waals surface area (Å²) in [6.07, 6.45) is 9.97. The number of nitrogens with one attached hydrogen (secondary N) is 2. The maximum Gasteiger partial charge on any atom is 0.00793 e. The summed E-state index contributed by atoms with van der Waals surface area (Å²) < 4.78 is 0. The van der Waals surface area contributed by atoms with E-state index in [1.54, 1.807) is 0 Å². The van der Waals surface area contributed by atoms with Gasteiger partial charge in [-0.05, 0) is 37.5 Å². The van der Waals surface area contributed by atoms with Crippen molar-refractivity contribution in [3.63, 3.8) is 0 Å². The van der Waals surface area contributed by atoms with Gasteiger partial charge in [0, 0.05) is 25.7 Å². The standard InChI is InChI=1S/C13H26N2/c1-2-13(7-3-4-8-13)11-14-9-10-15-12-5-6-12/h12,14-15H,2-11H2,1H3. The van der Waals surface area contributed by atoms with Crippen LogP contribution in [0.1, 0.15) is 51.9 Å². The van der Waals surface area contributed by atoms with E-state index in [0.717, 1.165) is 19.1 Å². The zero-order valence-corrected chi connectivity index (χ0v) is 10.1. The predicted molar refractivity (Wildman–Crippen MR) is 65.1 cm³/mol. The van der Waals surface area contributed by atoms with E-state index < -0.39 is 0 Å². The van der Waals surface area contributed by atoms with Crippen molar-refractivity contribution in [3.8, 4) is 0 Å². The van der Waals surface area contributed by atoms with Crippen molar-refractivity contribution in [3.05, 3.63) is 0 Å². The first-order chi connectivity index (χ1) is 7.35. The molecular weight excluding hydrogens is 184 g/mol. The molecule has 2 saturated carbocycles. The molecular formula is C13H26N2. The first-order valence-corrected chi connectivity index (χ1v) is 6.79. The van der Waals surface area contributed by atoms with Gasteiger partial charge in [-0.15, -0.1) is 0 Å². The normalized spacial score (nSPS) is 24.6. The van der Waals surface area contributed by atoms with Crippen LogP contribution in [-0.2, 0) is 0 Å². The molecule has 0 bridgehead atoms. The van der Waals surface area contributed by atoms with Gasteiger partial charge in [0.25, 0.3) is 0 Å². The molecule has 0 spiro atoms. The van der Waals surface area contributed by atoms with E-state index >= 15 is 0 Å². The summed E-state index contributed by atoms with van der Waals surface area (Å²) in [4.78, 5) is 0. The Kier molecular flexibility index (Phi) is 4.04. The Labute approximate surface area is 94.2 Å². The molecule has 88 valence electrons. The van der Waals surface area contributed by atoms with Crippen LogP contribution in [0.25, 0.3) is 0 Å². The fourth-order valence-corrected chi connectivity index (χ4v) is 2.79. The average molecular weight is 210 g/mol. The van der Waals surface area contributed by atoms with Crippen molar-refractivity contribution in [2.45, 2.75) is 57.9 Å². The molecule has 0 radical (unpaired) electrons. The summed E-state index contributed by atoms with van der Waals surface area (Å²) in [5.41, 5.74) is 0.652. The summed E-state index contributed by atoms with van der Waals surface area (Å²) in [5.74, 6) is 0. The Bertz CT molecular complexity index is 181. The van der Waals surface area contributed by atoms with Crippen molar-refractivity contribution in [1.82, 2.24) is 10.6 Å². The van der Waals surface area contributed by atoms with Gasteiger partial charge in [0.2, 0.25) is 0 Å². The molecule has 0 amide bonds. The molecule has 15 heavy (non-hydrogen) atoms. The van der Waals surface area contributed by atoms with Crippen molar-refractivity contribution in [1.29, 1.82) is 0 Å². The van der Waals surface area contributed by atoms with Gasteiger partial charge >= 0.3 is 0 Å². The van der Waals surface area contributed by atoms with E-state index in [4.69, 9.17) is 0 Å². The van der Waals surface area contributed by atoms with Crippen LogP contribution in [0.15, 0.2) is 0 Å². The molecule has 0 atom stereocenters. The summed E-state index contributed by atoms with van der Waals surface area (Å²) in [6.45, 7) is 5.91. The van der Waals surface area contributed by atoms with Crippen LogP contribution >= 0.6 is 0 Å². The highest BCUT2D eigenvalue weighted by atomic mass is 15.0. The van der Waals surface area contributed by atoms with Gasteiger partial charge in [-0.25, -0.2) is 0 Å². The largest absolute Gasteiger partial charge is 0.315 e. The smallest absolute Gasteiger partial charge is 0.00793 e. The third kappa shape index (κ3) is 3.46. The molecule has 0 aromatic carbocycles. The molecule has 2 rings (SSSR count). The van der Waals surface area contributed by atoms with E-state index in [0.29, 0.717) is 5.41 Å². The Morgan fingerprint density at radius 3 is 2.47 bits per heavy atom. The molecule has 0 unspecified atom stereocenters. The lowest BCUT2D eigenvalue weighted by molar-refractivity contribution is 0.269. The van der Waals surface area contributed by atoms with Crippen molar-refractivity contribution >= 4 is 0 Å². The summed E-state index contributed by atoms with van der Waals surface area (Å²) in [5, 5.41) is 7.19. The monoisotopic (exact) mass is 210 g/mol. The highest BCUT2D eigenvalue weighted by Gasteiger charge is 2.31. The van der Waals surface area contributed by atoms with Crippen LogP contribution in [0.2, 0.25) is 0 Å². The second kappa shape index (κ2) is 5.31. The highest BCUT2D eigenvalue weighted by molar-refractivity contribution is 4.86. The molecule has 2 aliphatic rings. The second-order valence-electron chi connectivity index (χ2n) is 5.47. The maximum atomic E-state index is 3.64. The van der Waals surface area contributed by atoms with Crippen LogP contribution in [0.4, 0.5) is 0 Å². The Hall–Kier alpha value is -0.0800. The highest BCUT2D eigenvalue weighted by Crippen LogP contribution is 2.40. The van der Waals surface area contributed by atoms with Crippen LogP contribution in [0.3, 0.4) is 0 Å². The molecule has 2 heteroatoms. The lowest BCUT2D eigenvalue weighted by atomic mass is 9.83. The van der Waals surface area contributed by atoms with Crippen molar-refractivity contribution in [2.75, 3.05) is 19.6 Å². The topological polar surface area (TPSA) is 24.1 Å². The average Bonchev–Trinajstić information content (AvgIpc) is 2.96. The molecule has 0 aromatic rings. The quantitative estimate of drug-likeness (QED) is 0.630. The Balaban J connectivity index is 1.54. The fourth-order valence-electron chi connectivity index (χ4n) is 2.79. The first kappa shape index (κ1) is 11.4. The van der Waals surface area contributed by atoms with Crippen molar-refractivity contribution < 1.29 is 0 Å². The SMILES string of the molecule is CCC1(CNCCNC2CC2)CCCC1. The predicted octanol–water partition coefficient (Wildman–Crippen LogP) is 2.30. The minimum absolute atomic E-state index is 0.652. The molecule has 0 aliphatic heterocycles. The zero-order chi connectivity index (χ0) is 10.6. The van der Waals surface area contributed by atoms with E-state index in [-0.39, 0.29) is 0 Å². The van der Waals surface area contributed by atoms with Gasteiger partial charge in [0.1, 0.15) is 0 Å². The minimum atomic E-state index is 0.652. The fraction of sp³-hybridized carbons (Fsp3) is 1.00. The van der Waals surface area contributed by atoms with Crippen LogP contribution in [-0.4, -0.2) is 25.7 Å². The van der Waals surface area contributed by atoms with E-state index in [1.165, 1.54) is 51.5 Å². The summed E-state index contributed by atoms with van der Waals surface area (Å²) in [6, 6.07) is 0.860. The van der Waals surface area contributed by atoms with Gasteiger partial charge in [-0.2, -0.15) is 0 Å². The third-order valence-corrected chi connectivity index (χ3v) is 4.23. The van der Waals surface area contributed by atoms with E-state index in [1.807, 2.05) is 0 Å². The second-order valence-corrected chi connectivity index (χ2v) is 5.47. The Morgan fingerprint density at radius 1 is 1.13 bits per heavy atom. The molecule has 2 nitrogen and oxygen atoms in total. The van der Waals surface area contributed by atoms with Crippen LogP contribution < -0.4 is 10.6 Å². The Morgan fingerprint density at radius 2 is 1.87 bits per heavy atom. The minimum Gasteiger partial charge on any atom is -0.315 e. The van der Waals surface area contributed by atoms with Gasteiger partial charge in [-0.3, -0.25) is 0 Å². The first-order valence-electron chi connectivity index (χ1n) is 6.79. The number of rotatable bonds is 7. The van der Waals surface area contributed by atoms with E-state index in [9.17, 15) is 0 Å². The van der Waals surface area contributed by atoms with Crippen molar-refractivity contribution in [2.24, 2.45) is 5.41 Å². The maximum absolute atomic E-state index is 3.64. The third-order valence-electron chi connectivity index (χ3n) is 4.23. The molecule has 2 fully saturated rings. The van der Waals surface area contributed by atoms with Gasteiger partial charge in [0.05, 0.1) is 0 Å².